The number of carbonyl (C=O) groups is 1. The van der Waals surface area contributed by atoms with Gasteiger partial charge >= 0.3 is 0 Å². The maximum atomic E-state index is 12.8. The summed E-state index contributed by atoms with van der Waals surface area (Å²) >= 11 is 5.97. The molecule has 3 aliphatic heterocycles. The smallest absolute Gasteiger partial charge is 0.223 e. The number of nitrogens with zero attached hydrogens (tertiary/aromatic N) is 3. The van der Waals surface area contributed by atoms with E-state index in [0.717, 1.165) is 25.8 Å². The van der Waals surface area contributed by atoms with Crippen molar-refractivity contribution in [3.63, 3.8) is 0 Å². The average Bonchev–Trinajstić information content (AvgIpc) is 3.26. The van der Waals surface area contributed by atoms with Gasteiger partial charge in [-0.05, 0) is 50.0 Å². The van der Waals surface area contributed by atoms with E-state index in [1.807, 2.05) is 11.1 Å². The molecule has 3 aliphatic rings. The van der Waals surface area contributed by atoms with Crippen LogP contribution in [0.15, 0.2) is 29.3 Å². The number of halogens is 2. The molecule has 10 heteroatoms. The van der Waals surface area contributed by atoms with Crippen LogP contribution in [0, 0.1) is 0 Å². The summed E-state index contributed by atoms with van der Waals surface area (Å²) in [6.45, 7) is 2.32. The van der Waals surface area contributed by atoms with E-state index in [0.29, 0.717) is 35.3 Å². The number of benzene rings is 1. The third-order valence-corrected chi connectivity index (χ3v) is 8.92. The van der Waals surface area contributed by atoms with Crippen molar-refractivity contribution in [2.45, 2.75) is 51.0 Å². The van der Waals surface area contributed by atoms with Crippen LogP contribution >= 0.6 is 24.0 Å². The molecule has 184 valence electrons. The summed E-state index contributed by atoms with van der Waals surface area (Å²) in [5.74, 6) is 1.86. The first kappa shape index (κ1) is 25.1. The van der Waals surface area contributed by atoms with Crippen LogP contribution < -0.4 is 4.74 Å². The molecule has 0 spiro atoms. The molecule has 0 radical (unpaired) electrons. The van der Waals surface area contributed by atoms with E-state index in [1.165, 1.54) is 24.4 Å². The molecule has 0 aliphatic carbocycles. The molecule has 5 rings (SSSR count). The number of ether oxygens (including phenoxy) is 1. The van der Waals surface area contributed by atoms with Gasteiger partial charge in [0.2, 0.25) is 5.91 Å². The minimum Gasteiger partial charge on any atom is -0.487 e. The fourth-order valence-corrected chi connectivity index (χ4v) is 6.41. The van der Waals surface area contributed by atoms with E-state index in [4.69, 9.17) is 16.3 Å². The Morgan fingerprint density at radius 3 is 2.76 bits per heavy atom. The Morgan fingerprint density at radius 2 is 1.97 bits per heavy atom. The summed E-state index contributed by atoms with van der Waals surface area (Å²) in [5, 5.41) is 0.538. The highest BCUT2D eigenvalue weighted by Crippen LogP contribution is 2.32. The van der Waals surface area contributed by atoms with Crippen molar-refractivity contribution >= 4 is 45.8 Å². The zero-order chi connectivity index (χ0) is 23.0. The van der Waals surface area contributed by atoms with Crippen molar-refractivity contribution in [3.8, 4) is 5.75 Å². The molecule has 1 saturated heterocycles. The van der Waals surface area contributed by atoms with Crippen molar-refractivity contribution in [2.75, 3.05) is 25.4 Å². The Balaban J connectivity index is 0.00000274. The van der Waals surface area contributed by atoms with Crippen LogP contribution in [-0.4, -0.2) is 54.2 Å². The zero-order valence-corrected chi connectivity index (χ0v) is 21.3. The van der Waals surface area contributed by atoms with Gasteiger partial charge in [-0.2, -0.15) is 0 Å². The van der Waals surface area contributed by atoms with Gasteiger partial charge in [-0.15, -0.1) is 12.4 Å². The Kier molecular flexibility index (Phi) is 7.60. The monoisotopic (exact) mass is 525 g/mol. The van der Waals surface area contributed by atoms with Gasteiger partial charge in [0.15, 0.2) is 9.84 Å². The van der Waals surface area contributed by atoms with Gasteiger partial charge in [-0.3, -0.25) is 4.79 Å². The van der Waals surface area contributed by atoms with E-state index in [1.54, 1.807) is 24.3 Å². The number of carbonyl (C=O) groups excluding carboxylic acids is 1. The van der Waals surface area contributed by atoms with Crippen LogP contribution in [0.5, 0.6) is 5.75 Å². The first-order chi connectivity index (χ1) is 15.9. The molecule has 0 atom stereocenters. The lowest BCUT2D eigenvalue weighted by atomic mass is 9.93. The number of rotatable bonds is 5. The van der Waals surface area contributed by atoms with E-state index in [-0.39, 0.29) is 42.0 Å². The van der Waals surface area contributed by atoms with Crippen molar-refractivity contribution in [1.82, 2.24) is 14.5 Å². The minimum absolute atomic E-state index is 0. The quantitative estimate of drug-likeness (QED) is 0.582. The van der Waals surface area contributed by atoms with Gasteiger partial charge in [-0.1, -0.05) is 11.6 Å². The summed E-state index contributed by atoms with van der Waals surface area (Å²) in [6, 6.07) is 5.10. The SMILES string of the molecule is Cl.O=C(CCS(=O)(=O)C1=Cc2ccc(Cl)cc2OC1)N1CCC(c2cnc3n2CCCC3)CC1. The molecule has 1 amide bonds. The lowest BCUT2D eigenvalue weighted by molar-refractivity contribution is -0.131. The average molecular weight is 526 g/mol. The zero-order valence-electron chi connectivity index (χ0n) is 18.9. The van der Waals surface area contributed by atoms with Crippen LogP contribution in [-0.2, 0) is 27.6 Å². The third kappa shape index (κ3) is 5.14. The summed E-state index contributed by atoms with van der Waals surface area (Å²) in [5.41, 5.74) is 1.98. The number of aromatic nitrogens is 2. The first-order valence-electron chi connectivity index (χ1n) is 11.6. The number of fused-ring (bicyclic) bond motifs is 2. The molecular weight excluding hydrogens is 497 g/mol. The number of hydrogen-bond donors (Lipinski definition) is 0. The second-order valence-corrected chi connectivity index (χ2v) is 11.6. The molecule has 0 saturated carbocycles. The summed E-state index contributed by atoms with van der Waals surface area (Å²) < 4.78 is 33.6. The lowest BCUT2D eigenvalue weighted by Crippen LogP contribution is -2.39. The van der Waals surface area contributed by atoms with Gasteiger partial charge in [-0.25, -0.2) is 13.4 Å². The van der Waals surface area contributed by atoms with Crippen molar-refractivity contribution in [2.24, 2.45) is 0 Å². The second kappa shape index (κ2) is 10.3. The second-order valence-electron chi connectivity index (χ2n) is 9.01. The number of imidazole rings is 1. The molecule has 1 aromatic heterocycles. The highest BCUT2D eigenvalue weighted by atomic mass is 35.5. The van der Waals surface area contributed by atoms with E-state index >= 15 is 0 Å². The van der Waals surface area contributed by atoms with Gasteiger partial charge in [0.1, 0.15) is 18.2 Å². The number of amides is 1. The van der Waals surface area contributed by atoms with Crippen LogP contribution in [0.2, 0.25) is 5.02 Å². The summed E-state index contributed by atoms with van der Waals surface area (Å²) in [6.07, 6.45) is 8.85. The Hall–Kier alpha value is -2.03. The standard InChI is InChI=1S/C24H28ClN3O4S.ClH/c25-19-5-4-18-13-20(16-32-22(18)14-19)33(30,31)12-8-24(29)27-10-6-17(7-11-27)21-15-26-23-3-1-2-9-28(21)23;/h4-5,13-15,17H,1-3,6-12,16H2;1H. The molecule has 2 aromatic rings. The lowest BCUT2D eigenvalue weighted by Gasteiger charge is -2.33. The number of aryl methyl sites for hydroxylation is 1. The van der Waals surface area contributed by atoms with E-state index in [2.05, 4.69) is 9.55 Å². The molecule has 1 fully saturated rings. The fraction of sp³-hybridized carbons (Fsp3) is 0.500. The largest absolute Gasteiger partial charge is 0.487 e. The molecule has 0 unspecified atom stereocenters. The topological polar surface area (TPSA) is 81.5 Å². The van der Waals surface area contributed by atoms with Gasteiger partial charge in [0.05, 0.1) is 10.7 Å². The first-order valence-corrected chi connectivity index (χ1v) is 13.6. The third-order valence-electron chi connectivity index (χ3n) is 6.91. The van der Waals surface area contributed by atoms with Crippen molar-refractivity contribution in [3.05, 3.63) is 51.4 Å². The minimum atomic E-state index is -3.58. The Morgan fingerprint density at radius 1 is 1.18 bits per heavy atom. The van der Waals surface area contributed by atoms with Crippen molar-refractivity contribution < 1.29 is 17.9 Å². The van der Waals surface area contributed by atoms with E-state index in [9.17, 15) is 13.2 Å². The molecule has 4 heterocycles. The van der Waals surface area contributed by atoms with Crippen LogP contribution in [0.3, 0.4) is 0 Å². The molecule has 7 nitrogen and oxygen atoms in total. The predicted molar refractivity (Wildman–Crippen MR) is 134 cm³/mol. The number of hydrogen-bond acceptors (Lipinski definition) is 5. The summed E-state index contributed by atoms with van der Waals surface area (Å²) in [4.78, 5) is 19.4. The van der Waals surface area contributed by atoms with Crippen LogP contribution in [0.1, 0.15) is 55.1 Å². The van der Waals surface area contributed by atoms with Crippen LogP contribution in [0.4, 0.5) is 0 Å². The Bertz CT molecular complexity index is 1200. The van der Waals surface area contributed by atoms with E-state index < -0.39 is 9.84 Å². The number of piperidine rings is 1. The van der Waals surface area contributed by atoms with Gasteiger partial charge in [0, 0.05) is 60.9 Å². The summed E-state index contributed by atoms with van der Waals surface area (Å²) in [7, 11) is -3.58. The fourth-order valence-electron chi connectivity index (χ4n) is 5.00. The highest BCUT2D eigenvalue weighted by Gasteiger charge is 2.29. The van der Waals surface area contributed by atoms with Crippen molar-refractivity contribution in [1.29, 1.82) is 0 Å². The molecule has 0 N–H and O–H groups in total. The molecule has 1 aromatic carbocycles. The number of sulfone groups is 1. The Labute approximate surface area is 211 Å². The highest BCUT2D eigenvalue weighted by molar-refractivity contribution is 7.95. The van der Waals surface area contributed by atoms with Gasteiger partial charge < -0.3 is 14.2 Å². The van der Waals surface area contributed by atoms with Crippen LogP contribution in [0.25, 0.3) is 6.08 Å². The number of likely N-dealkylation sites (tertiary alicyclic amines) is 1. The maximum absolute atomic E-state index is 12.8. The normalized spacial score (nSPS) is 18.3. The maximum Gasteiger partial charge on any atom is 0.223 e. The van der Waals surface area contributed by atoms with Gasteiger partial charge in [0.25, 0.3) is 0 Å². The predicted octanol–water partition coefficient (Wildman–Crippen LogP) is 4.24. The molecule has 0 bridgehead atoms. The molecular formula is C24H29Cl2N3O4S. The molecule has 34 heavy (non-hydrogen) atoms.